The minimum absolute atomic E-state index is 0.0467. The first kappa shape index (κ1) is 25.2. The molecular weight excluding hydrogens is 392 g/mol. The van der Waals surface area contributed by atoms with Gasteiger partial charge >= 0.3 is 0 Å². The van der Waals surface area contributed by atoms with Gasteiger partial charge in [0.05, 0.1) is 19.6 Å². The van der Waals surface area contributed by atoms with Crippen molar-refractivity contribution in [1.29, 1.82) is 0 Å². The predicted octanol–water partition coefficient (Wildman–Crippen LogP) is -3.99. The molecule has 0 aliphatic rings. The highest BCUT2D eigenvalue weighted by molar-refractivity contribution is 7.80. The third-order valence-electron chi connectivity index (χ3n) is 3.34. The Kier molecular flexibility index (Phi) is 12.0. The Balaban J connectivity index is 4.41. The van der Waals surface area contributed by atoms with E-state index in [0.717, 1.165) is 0 Å². The van der Waals surface area contributed by atoms with Crippen LogP contribution in [0.5, 0.6) is 0 Å². The van der Waals surface area contributed by atoms with E-state index < -0.39 is 54.7 Å². The zero-order chi connectivity index (χ0) is 21.7. The minimum atomic E-state index is -1.04. The van der Waals surface area contributed by atoms with Gasteiger partial charge in [0.2, 0.25) is 35.9 Å². The van der Waals surface area contributed by atoms with Gasteiger partial charge in [-0.2, -0.15) is 12.6 Å². The number of thiol groups is 1. The van der Waals surface area contributed by atoms with Crippen molar-refractivity contribution < 1.29 is 28.8 Å². The van der Waals surface area contributed by atoms with Crippen LogP contribution in [-0.2, 0) is 28.8 Å². The Bertz CT molecular complexity index is 600. The highest BCUT2D eigenvalue weighted by Crippen LogP contribution is 2.01. The lowest BCUT2D eigenvalue weighted by atomic mass is 10.0. The molecule has 0 radical (unpaired) electrons. The number of hydrogen-bond acceptors (Lipinski definition) is 7. The van der Waals surface area contributed by atoms with Gasteiger partial charge in [0.1, 0.15) is 12.1 Å². The van der Waals surface area contributed by atoms with Gasteiger partial charge in [-0.05, 0) is 5.92 Å². The molecule has 0 aliphatic heterocycles. The number of nitrogens with two attached hydrogens (primary N) is 1. The Morgan fingerprint density at radius 3 is 1.93 bits per heavy atom. The summed E-state index contributed by atoms with van der Waals surface area (Å²) in [6.07, 6.45) is 0.338. The largest absolute Gasteiger partial charge is 0.368 e. The molecule has 158 valence electrons. The molecule has 13 heteroatoms. The zero-order valence-electron chi connectivity index (χ0n) is 15.6. The molecule has 12 nitrogen and oxygen atoms in total. The van der Waals surface area contributed by atoms with Gasteiger partial charge < -0.3 is 32.3 Å². The van der Waals surface area contributed by atoms with E-state index in [1.54, 1.807) is 13.8 Å². The van der Waals surface area contributed by atoms with E-state index >= 15 is 0 Å². The number of carbonyl (C=O) groups is 6. The summed E-state index contributed by atoms with van der Waals surface area (Å²) in [7, 11) is 0. The molecule has 0 rings (SSSR count). The molecule has 0 unspecified atom stereocenters. The van der Waals surface area contributed by atoms with Crippen LogP contribution >= 0.6 is 12.6 Å². The molecule has 7 N–H and O–H groups in total. The molecule has 0 bridgehead atoms. The molecule has 0 heterocycles. The van der Waals surface area contributed by atoms with Crippen molar-refractivity contribution >= 4 is 48.6 Å². The molecule has 2 atom stereocenters. The number of hydrogen-bond donors (Lipinski definition) is 7. The quantitative estimate of drug-likeness (QED) is 0.118. The van der Waals surface area contributed by atoms with E-state index in [0.29, 0.717) is 6.41 Å². The van der Waals surface area contributed by atoms with Crippen LogP contribution in [0.25, 0.3) is 0 Å². The van der Waals surface area contributed by atoms with Crippen LogP contribution in [0.2, 0.25) is 0 Å². The van der Waals surface area contributed by atoms with Crippen LogP contribution in [-0.4, -0.2) is 73.4 Å². The maximum atomic E-state index is 12.2. The van der Waals surface area contributed by atoms with E-state index in [4.69, 9.17) is 5.73 Å². The Hall–Kier alpha value is -2.83. The van der Waals surface area contributed by atoms with Gasteiger partial charge in [-0.1, -0.05) is 13.8 Å². The predicted molar refractivity (Wildman–Crippen MR) is 102 cm³/mol. The van der Waals surface area contributed by atoms with Crippen LogP contribution in [0.15, 0.2) is 0 Å². The fourth-order valence-electron chi connectivity index (χ4n) is 1.88. The third kappa shape index (κ3) is 10.4. The second-order valence-electron chi connectivity index (χ2n) is 5.99. The highest BCUT2D eigenvalue weighted by Gasteiger charge is 2.26. The number of amides is 6. The fourth-order valence-corrected chi connectivity index (χ4v) is 2.13. The van der Waals surface area contributed by atoms with Crippen LogP contribution in [0.3, 0.4) is 0 Å². The molecule has 0 saturated carbocycles. The molecule has 0 saturated heterocycles. The van der Waals surface area contributed by atoms with Gasteiger partial charge in [-0.25, -0.2) is 0 Å². The summed E-state index contributed by atoms with van der Waals surface area (Å²) in [5, 5.41) is 11.4. The standard InChI is InChI=1S/C15H26N6O6S/c1-8(2)13(14(16)26)21-15(27)9(6-28)20-12(25)5-19-11(24)4-18-10(23)3-17-7-22/h7-9,13,28H,3-6H2,1-2H3,(H2,16,26)(H,17,22)(H,18,23)(H,19,24)(H,20,25)(H,21,27)/t9-,13-/m0/s1. The summed E-state index contributed by atoms with van der Waals surface area (Å²) in [6, 6.07) is -1.94. The maximum absolute atomic E-state index is 12.2. The molecule has 6 amide bonds. The number of nitrogens with one attached hydrogen (secondary N) is 5. The van der Waals surface area contributed by atoms with Crippen molar-refractivity contribution in [3.63, 3.8) is 0 Å². The van der Waals surface area contributed by atoms with E-state index in [2.05, 4.69) is 39.2 Å². The van der Waals surface area contributed by atoms with Gasteiger partial charge in [0.15, 0.2) is 0 Å². The van der Waals surface area contributed by atoms with E-state index in [1.807, 2.05) is 0 Å². The summed E-state index contributed by atoms with van der Waals surface area (Å²) >= 11 is 3.99. The van der Waals surface area contributed by atoms with Crippen LogP contribution in [0.4, 0.5) is 0 Å². The molecule has 0 aromatic heterocycles. The minimum Gasteiger partial charge on any atom is -0.368 e. The lowest BCUT2D eigenvalue weighted by Crippen LogP contribution is -2.56. The second-order valence-corrected chi connectivity index (χ2v) is 6.35. The topological polar surface area (TPSA) is 189 Å². The van der Waals surface area contributed by atoms with Crippen molar-refractivity contribution in [2.45, 2.75) is 25.9 Å². The van der Waals surface area contributed by atoms with Crippen molar-refractivity contribution in [3.8, 4) is 0 Å². The Labute approximate surface area is 167 Å². The average Bonchev–Trinajstić information content (AvgIpc) is 2.64. The Morgan fingerprint density at radius 1 is 0.929 bits per heavy atom. The molecule has 0 fully saturated rings. The Morgan fingerprint density at radius 2 is 1.46 bits per heavy atom. The first-order valence-corrected chi connectivity index (χ1v) is 8.95. The second kappa shape index (κ2) is 13.4. The first-order valence-electron chi connectivity index (χ1n) is 8.32. The third-order valence-corrected chi connectivity index (χ3v) is 3.71. The highest BCUT2D eigenvalue weighted by atomic mass is 32.1. The number of rotatable bonds is 13. The van der Waals surface area contributed by atoms with Crippen LogP contribution in [0.1, 0.15) is 13.8 Å². The lowest BCUT2D eigenvalue weighted by Gasteiger charge is -2.23. The van der Waals surface area contributed by atoms with Crippen molar-refractivity contribution in [1.82, 2.24) is 26.6 Å². The van der Waals surface area contributed by atoms with E-state index in [-0.39, 0.29) is 18.2 Å². The monoisotopic (exact) mass is 418 g/mol. The van der Waals surface area contributed by atoms with Gasteiger partial charge in [-0.3, -0.25) is 28.8 Å². The lowest BCUT2D eigenvalue weighted by molar-refractivity contribution is -0.131. The summed E-state index contributed by atoms with van der Waals surface area (Å²) in [5.41, 5.74) is 5.23. The summed E-state index contributed by atoms with van der Waals surface area (Å²) in [6.45, 7) is 2.29. The van der Waals surface area contributed by atoms with E-state index in [1.165, 1.54) is 0 Å². The normalized spacial score (nSPS) is 12.3. The summed E-state index contributed by atoms with van der Waals surface area (Å²) in [4.78, 5) is 68.2. The molecule has 28 heavy (non-hydrogen) atoms. The van der Waals surface area contributed by atoms with E-state index in [9.17, 15) is 28.8 Å². The zero-order valence-corrected chi connectivity index (χ0v) is 16.5. The molecular formula is C15H26N6O6S. The summed E-state index contributed by atoms with van der Waals surface area (Å²) in [5.74, 6) is -3.52. The van der Waals surface area contributed by atoms with Gasteiger partial charge in [0, 0.05) is 5.75 Å². The number of carbonyl (C=O) groups excluding carboxylic acids is 6. The van der Waals surface area contributed by atoms with Gasteiger partial charge in [-0.15, -0.1) is 0 Å². The van der Waals surface area contributed by atoms with Crippen molar-refractivity contribution in [3.05, 3.63) is 0 Å². The maximum Gasteiger partial charge on any atom is 0.244 e. The fraction of sp³-hybridized carbons (Fsp3) is 0.600. The molecule has 0 aromatic rings. The van der Waals surface area contributed by atoms with Gasteiger partial charge in [0.25, 0.3) is 0 Å². The first-order chi connectivity index (χ1) is 13.1. The summed E-state index contributed by atoms with van der Waals surface area (Å²) < 4.78 is 0. The van der Waals surface area contributed by atoms with Crippen molar-refractivity contribution in [2.75, 3.05) is 25.4 Å². The van der Waals surface area contributed by atoms with Crippen molar-refractivity contribution in [2.24, 2.45) is 11.7 Å². The number of primary amides is 1. The molecule has 0 spiro atoms. The van der Waals surface area contributed by atoms with Crippen LogP contribution < -0.4 is 32.3 Å². The average molecular weight is 418 g/mol. The smallest absolute Gasteiger partial charge is 0.244 e. The van der Waals surface area contributed by atoms with Crippen LogP contribution in [0, 0.1) is 5.92 Å². The molecule has 0 aromatic carbocycles. The molecule has 0 aliphatic carbocycles. The SMILES string of the molecule is CC(C)[C@H](NC(=O)[C@H](CS)NC(=O)CNC(=O)CNC(=O)CNC=O)C(N)=O.